The van der Waals surface area contributed by atoms with E-state index in [1.165, 1.54) is 11.0 Å². The third-order valence-electron chi connectivity index (χ3n) is 6.15. The summed E-state index contributed by atoms with van der Waals surface area (Å²) in [5.74, 6) is 0.430. The van der Waals surface area contributed by atoms with Gasteiger partial charge in [-0.3, -0.25) is 9.78 Å². The molecule has 0 spiro atoms. The number of hydrogen-bond acceptors (Lipinski definition) is 6. The van der Waals surface area contributed by atoms with E-state index in [0.717, 1.165) is 28.4 Å². The highest BCUT2D eigenvalue weighted by atomic mass is 19.4. The number of benzene rings is 2. The predicted octanol–water partition coefficient (Wildman–Crippen LogP) is 5.58. The van der Waals surface area contributed by atoms with Crippen LogP contribution in [0.25, 0.3) is 21.7 Å². The first-order valence-electron chi connectivity index (χ1n) is 11.4. The van der Waals surface area contributed by atoms with Crippen molar-refractivity contribution in [2.45, 2.75) is 25.7 Å². The number of carbonyl (C=O) groups excluding carboxylic acids is 1. The van der Waals surface area contributed by atoms with Crippen molar-refractivity contribution >= 4 is 33.4 Å². The van der Waals surface area contributed by atoms with E-state index in [2.05, 4.69) is 19.9 Å². The molecule has 0 aliphatic heterocycles. The van der Waals surface area contributed by atoms with Crippen molar-refractivity contribution in [1.29, 1.82) is 0 Å². The predicted molar refractivity (Wildman–Crippen MR) is 133 cm³/mol. The third-order valence-corrected chi connectivity index (χ3v) is 6.15. The Morgan fingerprint density at radius 1 is 0.946 bits per heavy atom. The molecular formula is C27H21F3N6O. The molecular weight excluding hydrogens is 481 g/mol. The number of nitrogen functional groups attached to an aromatic ring is 1. The van der Waals surface area contributed by atoms with Crippen LogP contribution in [0.5, 0.6) is 0 Å². The van der Waals surface area contributed by atoms with Crippen LogP contribution in [0, 0.1) is 0 Å². The first kappa shape index (κ1) is 24.1. The number of pyridine rings is 2. The SMILES string of the molecule is C[C@H](c1ncccn1)N(Cc1ccc(C(F)(F)F)cn1)C(=O)c1ccc2nc(N)c3ccccc3c2c1. The number of anilines is 1. The second-order valence-electron chi connectivity index (χ2n) is 8.53. The van der Waals surface area contributed by atoms with E-state index in [-0.39, 0.29) is 12.5 Å². The van der Waals surface area contributed by atoms with Crippen molar-refractivity contribution in [2.75, 3.05) is 5.73 Å². The number of nitrogens with zero attached hydrogens (tertiary/aromatic N) is 5. The smallest absolute Gasteiger partial charge is 0.383 e. The maximum absolute atomic E-state index is 13.9. The molecule has 0 unspecified atom stereocenters. The Balaban J connectivity index is 1.56. The summed E-state index contributed by atoms with van der Waals surface area (Å²) in [6, 6.07) is 15.9. The Labute approximate surface area is 209 Å². The molecule has 0 saturated carbocycles. The molecule has 2 aromatic carbocycles. The average molecular weight is 503 g/mol. The first-order valence-corrected chi connectivity index (χ1v) is 11.4. The fourth-order valence-electron chi connectivity index (χ4n) is 4.19. The van der Waals surface area contributed by atoms with Gasteiger partial charge in [0.05, 0.1) is 29.4 Å². The van der Waals surface area contributed by atoms with Gasteiger partial charge in [-0.2, -0.15) is 13.2 Å². The summed E-state index contributed by atoms with van der Waals surface area (Å²) < 4.78 is 39.0. The lowest BCUT2D eigenvalue weighted by atomic mass is 10.0. The normalized spacial score (nSPS) is 12.5. The number of rotatable bonds is 5. The van der Waals surface area contributed by atoms with Crippen LogP contribution in [-0.4, -0.2) is 30.7 Å². The molecule has 0 saturated heterocycles. The van der Waals surface area contributed by atoms with E-state index in [4.69, 9.17) is 5.73 Å². The minimum atomic E-state index is -4.50. The number of carbonyl (C=O) groups is 1. The highest BCUT2D eigenvalue weighted by molar-refractivity contribution is 6.11. The summed E-state index contributed by atoms with van der Waals surface area (Å²) in [5, 5.41) is 2.39. The summed E-state index contributed by atoms with van der Waals surface area (Å²) in [7, 11) is 0. The molecule has 5 aromatic rings. The molecule has 3 heterocycles. The fourth-order valence-corrected chi connectivity index (χ4v) is 4.19. The summed E-state index contributed by atoms with van der Waals surface area (Å²) in [4.78, 5) is 32.3. The summed E-state index contributed by atoms with van der Waals surface area (Å²) in [6.45, 7) is 1.71. The fraction of sp³-hybridized carbons (Fsp3) is 0.148. The Bertz CT molecular complexity index is 1590. The number of alkyl halides is 3. The molecule has 186 valence electrons. The summed E-state index contributed by atoms with van der Waals surface area (Å²) in [5.41, 5.74) is 6.57. The minimum Gasteiger partial charge on any atom is -0.383 e. The van der Waals surface area contributed by atoms with E-state index in [1.807, 2.05) is 24.3 Å². The maximum atomic E-state index is 13.9. The maximum Gasteiger partial charge on any atom is 0.417 e. The van der Waals surface area contributed by atoms with Crippen LogP contribution in [0.4, 0.5) is 19.0 Å². The minimum absolute atomic E-state index is 0.0465. The summed E-state index contributed by atoms with van der Waals surface area (Å²) in [6.07, 6.45) is -0.608. The Morgan fingerprint density at radius 3 is 2.35 bits per heavy atom. The highest BCUT2D eigenvalue weighted by Crippen LogP contribution is 2.31. The van der Waals surface area contributed by atoms with Gasteiger partial charge in [0.25, 0.3) is 5.91 Å². The van der Waals surface area contributed by atoms with Gasteiger partial charge in [0, 0.05) is 34.9 Å². The topological polar surface area (TPSA) is 97.9 Å². The molecule has 0 radical (unpaired) electrons. The van der Waals surface area contributed by atoms with Gasteiger partial charge in [-0.25, -0.2) is 15.0 Å². The standard InChI is InChI=1S/C27H21F3N6O/c1-16(25-32-11-4-12-33-25)36(15-19-9-8-18(14-34-19)27(28,29)30)26(37)17-7-10-23-22(13-17)20-5-2-3-6-21(20)24(31)35-23/h2-14,16H,15H2,1H3,(H2,31,35)/t16-/m1/s1. The molecule has 5 rings (SSSR count). The van der Waals surface area contributed by atoms with E-state index >= 15 is 0 Å². The van der Waals surface area contributed by atoms with Gasteiger partial charge in [-0.1, -0.05) is 24.3 Å². The van der Waals surface area contributed by atoms with Gasteiger partial charge < -0.3 is 10.6 Å². The quantitative estimate of drug-likeness (QED) is 0.315. The van der Waals surface area contributed by atoms with E-state index in [1.54, 1.807) is 43.6 Å². The second-order valence-corrected chi connectivity index (χ2v) is 8.53. The lowest BCUT2D eigenvalue weighted by Crippen LogP contribution is -2.34. The number of aromatic nitrogens is 4. The van der Waals surface area contributed by atoms with E-state index in [0.29, 0.717) is 28.4 Å². The molecule has 1 atom stereocenters. The van der Waals surface area contributed by atoms with Crippen molar-refractivity contribution in [1.82, 2.24) is 24.8 Å². The van der Waals surface area contributed by atoms with Crippen molar-refractivity contribution in [3.63, 3.8) is 0 Å². The van der Waals surface area contributed by atoms with Crippen molar-refractivity contribution < 1.29 is 18.0 Å². The lowest BCUT2D eigenvalue weighted by molar-refractivity contribution is -0.137. The second kappa shape index (κ2) is 9.45. The number of amides is 1. The van der Waals surface area contributed by atoms with Crippen LogP contribution in [-0.2, 0) is 12.7 Å². The highest BCUT2D eigenvalue weighted by Gasteiger charge is 2.31. The third kappa shape index (κ3) is 4.77. The van der Waals surface area contributed by atoms with Crippen molar-refractivity contribution in [3.05, 3.63) is 102 Å². The number of fused-ring (bicyclic) bond motifs is 3. The molecule has 3 aromatic heterocycles. The molecule has 0 aliphatic rings. The number of hydrogen-bond donors (Lipinski definition) is 1. The Kier molecular flexibility index (Phi) is 6.16. The Hall–Kier alpha value is -4.60. The van der Waals surface area contributed by atoms with Gasteiger partial charge in [0.2, 0.25) is 0 Å². The lowest BCUT2D eigenvalue weighted by Gasteiger charge is -2.28. The average Bonchev–Trinajstić information content (AvgIpc) is 2.91. The van der Waals surface area contributed by atoms with Crippen LogP contribution in [0.3, 0.4) is 0 Å². The summed E-state index contributed by atoms with van der Waals surface area (Å²) >= 11 is 0. The van der Waals surface area contributed by atoms with Gasteiger partial charge in [-0.05, 0) is 48.7 Å². The molecule has 37 heavy (non-hydrogen) atoms. The molecule has 0 bridgehead atoms. The van der Waals surface area contributed by atoms with Gasteiger partial charge in [-0.15, -0.1) is 0 Å². The largest absolute Gasteiger partial charge is 0.417 e. The van der Waals surface area contributed by atoms with Crippen LogP contribution in [0.1, 0.15) is 40.4 Å². The van der Waals surface area contributed by atoms with Gasteiger partial charge in [0.1, 0.15) is 11.6 Å². The molecule has 2 N–H and O–H groups in total. The van der Waals surface area contributed by atoms with Crippen LogP contribution in [0.15, 0.2) is 79.3 Å². The molecule has 1 amide bonds. The molecule has 0 aliphatic carbocycles. The zero-order valence-corrected chi connectivity index (χ0v) is 19.6. The zero-order valence-electron chi connectivity index (χ0n) is 19.6. The Morgan fingerprint density at radius 2 is 1.68 bits per heavy atom. The molecule has 10 heteroatoms. The van der Waals surface area contributed by atoms with Crippen molar-refractivity contribution in [2.24, 2.45) is 0 Å². The van der Waals surface area contributed by atoms with Crippen LogP contribution >= 0.6 is 0 Å². The molecule has 0 fully saturated rings. The first-order chi connectivity index (χ1) is 17.7. The zero-order chi connectivity index (χ0) is 26.2. The number of halogens is 3. The van der Waals surface area contributed by atoms with Gasteiger partial charge >= 0.3 is 6.18 Å². The van der Waals surface area contributed by atoms with E-state index < -0.39 is 17.8 Å². The van der Waals surface area contributed by atoms with Crippen molar-refractivity contribution in [3.8, 4) is 0 Å². The monoisotopic (exact) mass is 502 g/mol. The van der Waals surface area contributed by atoms with E-state index in [9.17, 15) is 18.0 Å². The van der Waals surface area contributed by atoms with Crippen LogP contribution in [0.2, 0.25) is 0 Å². The van der Waals surface area contributed by atoms with Gasteiger partial charge in [0.15, 0.2) is 0 Å². The van der Waals surface area contributed by atoms with Crippen LogP contribution < -0.4 is 5.73 Å². The molecule has 7 nitrogen and oxygen atoms in total. The number of nitrogens with two attached hydrogens (primary N) is 1.